The van der Waals surface area contributed by atoms with E-state index >= 15 is 0 Å². The molecule has 1 aliphatic rings. The van der Waals surface area contributed by atoms with Crippen molar-refractivity contribution in [1.82, 2.24) is 10.6 Å². The summed E-state index contributed by atoms with van der Waals surface area (Å²) >= 11 is 0. The highest BCUT2D eigenvalue weighted by atomic mass is 16.2. The molecule has 6 heteroatoms. The topological polar surface area (TPSA) is 101 Å². The maximum Gasteiger partial charge on any atom is 0.243 e. The fourth-order valence-electron chi connectivity index (χ4n) is 1.65. The zero-order valence-electron chi connectivity index (χ0n) is 9.79. The lowest BCUT2D eigenvalue weighted by molar-refractivity contribution is -0.129. The maximum absolute atomic E-state index is 11.7. The first-order valence-corrected chi connectivity index (χ1v) is 5.43. The summed E-state index contributed by atoms with van der Waals surface area (Å²) in [7, 11) is 0. The van der Waals surface area contributed by atoms with Crippen LogP contribution in [0.15, 0.2) is 12.2 Å². The van der Waals surface area contributed by atoms with Crippen molar-refractivity contribution >= 4 is 17.7 Å². The highest BCUT2D eigenvalue weighted by Gasteiger charge is 2.29. The highest BCUT2D eigenvalue weighted by molar-refractivity contribution is 5.93. The standard InChI is InChI=1S/C11H17N3O3/c1-6(2)5-8(10(12)16)14-11(17)7-3-4-9(15)13-7/h7-8H,1,3-5H2,2H3,(H2,12,16)(H,13,15)(H,14,17)/t7-,8-/m0/s1. The lowest BCUT2D eigenvalue weighted by Gasteiger charge is -2.18. The third kappa shape index (κ3) is 3.90. The summed E-state index contributed by atoms with van der Waals surface area (Å²) in [5, 5.41) is 5.05. The largest absolute Gasteiger partial charge is 0.368 e. The number of hydrogen-bond donors (Lipinski definition) is 3. The Labute approximate surface area is 99.6 Å². The lowest BCUT2D eigenvalue weighted by atomic mass is 10.1. The summed E-state index contributed by atoms with van der Waals surface area (Å²) in [6.07, 6.45) is 1.09. The molecule has 0 radical (unpaired) electrons. The van der Waals surface area contributed by atoms with E-state index in [1.807, 2.05) is 0 Å². The molecule has 1 aliphatic heterocycles. The number of carbonyl (C=O) groups excluding carboxylic acids is 3. The average Bonchev–Trinajstić information content (AvgIpc) is 2.63. The predicted molar refractivity (Wildman–Crippen MR) is 61.7 cm³/mol. The van der Waals surface area contributed by atoms with Crippen molar-refractivity contribution in [1.29, 1.82) is 0 Å². The predicted octanol–water partition coefficient (Wildman–Crippen LogP) is -0.799. The van der Waals surface area contributed by atoms with Gasteiger partial charge in [-0.2, -0.15) is 0 Å². The molecule has 0 aliphatic carbocycles. The van der Waals surface area contributed by atoms with Crippen LogP contribution in [0.3, 0.4) is 0 Å². The van der Waals surface area contributed by atoms with Crippen LogP contribution in [0, 0.1) is 0 Å². The Morgan fingerprint density at radius 3 is 2.71 bits per heavy atom. The van der Waals surface area contributed by atoms with Crippen LogP contribution >= 0.6 is 0 Å². The molecule has 0 bridgehead atoms. The van der Waals surface area contributed by atoms with Crippen LogP contribution in [0.2, 0.25) is 0 Å². The van der Waals surface area contributed by atoms with Gasteiger partial charge in [0.15, 0.2) is 0 Å². The molecule has 17 heavy (non-hydrogen) atoms. The van der Waals surface area contributed by atoms with Gasteiger partial charge in [0.1, 0.15) is 12.1 Å². The van der Waals surface area contributed by atoms with Crippen molar-refractivity contribution in [2.75, 3.05) is 0 Å². The van der Waals surface area contributed by atoms with Crippen molar-refractivity contribution in [2.24, 2.45) is 5.73 Å². The van der Waals surface area contributed by atoms with Gasteiger partial charge in [0.2, 0.25) is 17.7 Å². The molecular weight excluding hydrogens is 222 g/mol. The summed E-state index contributed by atoms with van der Waals surface area (Å²) in [5.41, 5.74) is 5.93. The van der Waals surface area contributed by atoms with Gasteiger partial charge in [-0.3, -0.25) is 14.4 Å². The molecule has 1 saturated heterocycles. The normalized spacial score (nSPS) is 20.5. The number of nitrogens with one attached hydrogen (secondary N) is 2. The fourth-order valence-corrected chi connectivity index (χ4v) is 1.65. The molecule has 0 unspecified atom stereocenters. The van der Waals surface area contributed by atoms with Crippen molar-refractivity contribution in [2.45, 2.75) is 38.3 Å². The van der Waals surface area contributed by atoms with E-state index in [2.05, 4.69) is 17.2 Å². The lowest BCUT2D eigenvalue weighted by Crippen LogP contribution is -2.50. The average molecular weight is 239 g/mol. The Kier molecular flexibility index (Phi) is 4.25. The van der Waals surface area contributed by atoms with Gasteiger partial charge in [-0.05, 0) is 19.8 Å². The van der Waals surface area contributed by atoms with E-state index < -0.39 is 18.0 Å². The van der Waals surface area contributed by atoms with E-state index in [0.29, 0.717) is 19.3 Å². The number of hydrogen-bond acceptors (Lipinski definition) is 3. The molecule has 0 spiro atoms. The van der Waals surface area contributed by atoms with Crippen molar-refractivity contribution in [3.8, 4) is 0 Å². The number of nitrogens with two attached hydrogens (primary N) is 1. The Morgan fingerprint density at radius 2 is 2.29 bits per heavy atom. The van der Waals surface area contributed by atoms with Crippen LogP contribution in [-0.4, -0.2) is 29.8 Å². The van der Waals surface area contributed by atoms with E-state index in [4.69, 9.17) is 5.73 Å². The first-order valence-electron chi connectivity index (χ1n) is 5.43. The molecule has 3 amide bonds. The molecule has 1 fully saturated rings. The van der Waals surface area contributed by atoms with E-state index in [1.165, 1.54) is 0 Å². The maximum atomic E-state index is 11.7. The van der Waals surface area contributed by atoms with Gasteiger partial charge in [-0.25, -0.2) is 0 Å². The number of primary amides is 1. The molecule has 0 aromatic carbocycles. The SMILES string of the molecule is C=C(C)C[C@H](NC(=O)[C@@H]1CCC(=O)N1)C(N)=O. The van der Waals surface area contributed by atoms with Crippen LogP contribution in [0.25, 0.3) is 0 Å². The van der Waals surface area contributed by atoms with Gasteiger partial charge in [0.05, 0.1) is 0 Å². The minimum absolute atomic E-state index is 0.152. The summed E-state index contributed by atoms with van der Waals surface area (Å²) < 4.78 is 0. The molecule has 1 heterocycles. The monoisotopic (exact) mass is 239 g/mol. The van der Waals surface area contributed by atoms with Crippen molar-refractivity contribution in [3.63, 3.8) is 0 Å². The molecular formula is C11H17N3O3. The Hall–Kier alpha value is -1.85. The van der Waals surface area contributed by atoms with Gasteiger partial charge < -0.3 is 16.4 Å². The second kappa shape index (κ2) is 5.47. The van der Waals surface area contributed by atoms with Gasteiger partial charge in [-0.15, -0.1) is 6.58 Å². The van der Waals surface area contributed by atoms with Gasteiger partial charge in [0, 0.05) is 6.42 Å². The number of carbonyl (C=O) groups is 3. The minimum atomic E-state index is -0.766. The summed E-state index contributed by atoms with van der Waals surface area (Å²) in [6, 6.07) is -1.33. The Bertz CT molecular complexity index is 365. The molecule has 1 rings (SSSR count). The van der Waals surface area contributed by atoms with Crippen LogP contribution in [0.5, 0.6) is 0 Å². The third-order valence-electron chi connectivity index (χ3n) is 2.52. The second-order valence-corrected chi connectivity index (χ2v) is 4.28. The molecule has 0 saturated carbocycles. The van der Waals surface area contributed by atoms with E-state index in [9.17, 15) is 14.4 Å². The van der Waals surface area contributed by atoms with E-state index in [1.54, 1.807) is 6.92 Å². The summed E-state index contributed by atoms with van der Waals surface area (Å²) in [4.78, 5) is 33.8. The minimum Gasteiger partial charge on any atom is -0.368 e. The Morgan fingerprint density at radius 1 is 1.65 bits per heavy atom. The molecule has 0 aromatic heterocycles. The molecule has 2 atom stereocenters. The zero-order chi connectivity index (χ0) is 13.0. The Balaban J connectivity index is 2.55. The third-order valence-corrected chi connectivity index (χ3v) is 2.52. The van der Waals surface area contributed by atoms with Crippen LogP contribution in [0.4, 0.5) is 0 Å². The smallest absolute Gasteiger partial charge is 0.243 e. The molecule has 94 valence electrons. The molecule has 0 aromatic rings. The van der Waals surface area contributed by atoms with Crippen molar-refractivity contribution < 1.29 is 14.4 Å². The van der Waals surface area contributed by atoms with Crippen molar-refractivity contribution in [3.05, 3.63) is 12.2 Å². The van der Waals surface area contributed by atoms with Crippen LogP contribution < -0.4 is 16.4 Å². The van der Waals surface area contributed by atoms with Gasteiger partial charge in [0.25, 0.3) is 0 Å². The van der Waals surface area contributed by atoms with Gasteiger partial charge >= 0.3 is 0 Å². The summed E-state index contributed by atoms with van der Waals surface area (Å²) in [6.45, 7) is 5.41. The molecule has 4 N–H and O–H groups in total. The van der Waals surface area contributed by atoms with Gasteiger partial charge in [-0.1, -0.05) is 5.57 Å². The molecule has 6 nitrogen and oxygen atoms in total. The van der Waals surface area contributed by atoms with Crippen LogP contribution in [-0.2, 0) is 14.4 Å². The highest BCUT2D eigenvalue weighted by Crippen LogP contribution is 2.08. The number of amides is 3. The number of rotatable bonds is 5. The quantitative estimate of drug-likeness (QED) is 0.547. The first-order chi connectivity index (χ1) is 7.90. The second-order valence-electron chi connectivity index (χ2n) is 4.28. The van der Waals surface area contributed by atoms with Crippen LogP contribution in [0.1, 0.15) is 26.2 Å². The first kappa shape index (κ1) is 13.2. The fraction of sp³-hybridized carbons (Fsp3) is 0.545. The van der Waals surface area contributed by atoms with E-state index in [0.717, 1.165) is 5.57 Å². The summed E-state index contributed by atoms with van der Waals surface area (Å²) in [5.74, 6) is -1.13. The zero-order valence-corrected chi connectivity index (χ0v) is 9.79. The van der Waals surface area contributed by atoms with E-state index in [-0.39, 0.29) is 11.8 Å².